The Labute approximate surface area is 116 Å². The molecule has 18 heavy (non-hydrogen) atoms. The van der Waals surface area contributed by atoms with Crippen LogP contribution in [0.15, 0.2) is 71.5 Å². The summed E-state index contributed by atoms with van der Waals surface area (Å²) < 4.78 is 0. The molecule has 0 amide bonds. The summed E-state index contributed by atoms with van der Waals surface area (Å²) in [5, 5.41) is 0. The topological polar surface area (TPSA) is 0 Å². The van der Waals surface area contributed by atoms with Crippen molar-refractivity contribution in [3.05, 3.63) is 72.8 Å². The highest BCUT2D eigenvalue weighted by molar-refractivity contribution is 8.76. The quantitative estimate of drug-likeness (QED) is 0.632. The van der Waals surface area contributed by atoms with Crippen LogP contribution in [0.1, 0.15) is 11.1 Å². The lowest BCUT2D eigenvalue weighted by Crippen LogP contribution is -1.73. The standard InChI is InChI=1S/C16H14S2/c1-3-13-5-9-15(10-6-13)17-18-16-11-7-14(4-2)8-12-16/h3-12H,1-2H2. The molecule has 0 atom stereocenters. The van der Waals surface area contributed by atoms with E-state index in [-0.39, 0.29) is 0 Å². The molecule has 0 N–H and O–H groups in total. The molecule has 0 aliphatic rings. The van der Waals surface area contributed by atoms with Crippen LogP contribution in [0.2, 0.25) is 0 Å². The molecule has 2 heteroatoms. The van der Waals surface area contributed by atoms with Crippen LogP contribution in [0.25, 0.3) is 12.2 Å². The SMILES string of the molecule is C=Cc1ccc(SSc2ccc(C=C)cc2)cc1. The lowest BCUT2D eigenvalue weighted by Gasteiger charge is -2.02. The predicted octanol–water partition coefficient (Wildman–Crippen LogP) is 5.77. The second-order valence-corrected chi connectivity index (χ2v) is 5.99. The summed E-state index contributed by atoms with van der Waals surface area (Å²) in [4.78, 5) is 2.50. The first-order valence-electron chi connectivity index (χ1n) is 5.61. The van der Waals surface area contributed by atoms with E-state index in [1.807, 2.05) is 12.2 Å². The third-order valence-electron chi connectivity index (χ3n) is 2.47. The minimum atomic E-state index is 1.15. The number of hydrogen-bond donors (Lipinski definition) is 0. The van der Waals surface area contributed by atoms with E-state index in [0.29, 0.717) is 0 Å². The van der Waals surface area contributed by atoms with Gasteiger partial charge in [-0.15, -0.1) is 0 Å². The van der Waals surface area contributed by atoms with Gasteiger partial charge in [0.1, 0.15) is 0 Å². The average molecular weight is 270 g/mol. The Bertz CT molecular complexity index is 473. The average Bonchev–Trinajstić information content (AvgIpc) is 2.46. The van der Waals surface area contributed by atoms with Crippen LogP contribution >= 0.6 is 21.6 Å². The molecule has 0 nitrogen and oxygen atoms in total. The summed E-state index contributed by atoms with van der Waals surface area (Å²) in [5.41, 5.74) is 2.30. The Morgan fingerprint density at radius 1 is 0.611 bits per heavy atom. The Kier molecular flexibility index (Phi) is 4.73. The monoisotopic (exact) mass is 270 g/mol. The molecule has 0 heterocycles. The fourth-order valence-corrected chi connectivity index (χ4v) is 3.35. The van der Waals surface area contributed by atoms with Crippen molar-refractivity contribution in [1.29, 1.82) is 0 Å². The maximum absolute atomic E-state index is 3.75. The zero-order valence-corrected chi connectivity index (χ0v) is 11.6. The highest BCUT2D eigenvalue weighted by atomic mass is 33.1. The summed E-state index contributed by atoms with van der Waals surface area (Å²) in [6, 6.07) is 16.8. The molecule has 0 aliphatic heterocycles. The Balaban J connectivity index is 1.97. The van der Waals surface area contributed by atoms with Gasteiger partial charge in [-0.25, -0.2) is 0 Å². The van der Waals surface area contributed by atoms with Crippen molar-refractivity contribution in [2.75, 3.05) is 0 Å². The molecule has 0 unspecified atom stereocenters. The van der Waals surface area contributed by atoms with Gasteiger partial charge in [0, 0.05) is 9.79 Å². The molecule has 0 saturated heterocycles. The smallest absolute Gasteiger partial charge is 0.0186 e. The van der Waals surface area contributed by atoms with E-state index in [2.05, 4.69) is 61.7 Å². The van der Waals surface area contributed by atoms with Crippen molar-refractivity contribution in [2.45, 2.75) is 9.79 Å². The highest BCUT2D eigenvalue weighted by Crippen LogP contribution is 2.37. The molecule has 90 valence electrons. The van der Waals surface area contributed by atoms with Crippen molar-refractivity contribution in [2.24, 2.45) is 0 Å². The van der Waals surface area contributed by atoms with Gasteiger partial charge >= 0.3 is 0 Å². The van der Waals surface area contributed by atoms with Gasteiger partial charge < -0.3 is 0 Å². The van der Waals surface area contributed by atoms with Crippen molar-refractivity contribution >= 4 is 33.7 Å². The first kappa shape index (κ1) is 13.1. The van der Waals surface area contributed by atoms with Crippen molar-refractivity contribution in [3.8, 4) is 0 Å². The van der Waals surface area contributed by atoms with E-state index in [1.54, 1.807) is 21.6 Å². The van der Waals surface area contributed by atoms with Crippen LogP contribution in [0.3, 0.4) is 0 Å². The number of benzene rings is 2. The summed E-state index contributed by atoms with van der Waals surface area (Å²) >= 11 is 0. The molecule has 2 aromatic rings. The molecule has 2 rings (SSSR count). The summed E-state index contributed by atoms with van der Waals surface area (Å²) in [5.74, 6) is 0. The van der Waals surface area contributed by atoms with E-state index in [9.17, 15) is 0 Å². The third-order valence-corrected chi connectivity index (χ3v) is 4.88. The fraction of sp³-hybridized carbons (Fsp3) is 0. The van der Waals surface area contributed by atoms with Gasteiger partial charge in [-0.2, -0.15) is 0 Å². The molecule has 0 saturated carbocycles. The first-order valence-corrected chi connectivity index (χ1v) is 7.76. The second kappa shape index (κ2) is 6.53. The second-order valence-electron chi connectivity index (χ2n) is 3.71. The maximum Gasteiger partial charge on any atom is 0.0186 e. The summed E-state index contributed by atoms with van der Waals surface area (Å²) in [7, 11) is 3.53. The lowest BCUT2D eigenvalue weighted by atomic mass is 10.2. The van der Waals surface area contributed by atoms with Gasteiger partial charge in [-0.05, 0) is 35.4 Å². The van der Waals surface area contributed by atoms with Crippen LogP contribution < -0.4 is 0 Å². The van der Waals surface area contributed by atoms with Crippen LogP contribution in [-0.4, -0.2) is 0 Å². The van der Waals surface area contributed by atoms with Crippen LogP contribution in [0.4, 0.5) is 0 Å². The molecule has 0 aromatic heterocycles. The third kappa shape index (κ3) is 3.56. The normalized spacial score (nSPS) is 10.0. The van der Waals surface area contributed by atoms with Crippen molar-refractivity contribution in [1.82, 2.24) is 0 Å². The van der Waals surface area contributed by atoms with Crippen molar-refractivity contribution in [3.63, 3.8) is 0 Å². The largest absolute Gasteiger partial charge is 0.0985 e. The maximum atomic E-state index is 3.75. The van der Waals surface area contributed by atoms with Crippen LogP contribution in [0, 0.1) is 0 Å². The van der Waals surface area contributed by atoms with E-state index in [1.165, 1.54) is 9.79 Å². The Morgan fingerprint density at radius 2 is 0.944 bits per heavy atom. The molecule has 0 fully saturated rings. The first-order chi connectivity index (χ1) is 8.81. The van der Waals surface area contributed by atoms with Gasteiger partial charge in [0.2, 0.25) is 0 Å². The van der Waals surface area contributed by atoms with Gasteiger partial charge in [-0.1, -0.05) is 71.2 Å². The van der Waals surface area contributed by atoms with E-state index >= 15 is 0 Å². The van der Waals surface area contributed by atoms with Gasteiger partial charge in [0.15, 0.2) is 0 Å². The predicted molar refractivity (Wildman–Crippen MR) is 84.8 cm³/mol. The molecular formula is C16H14S2. The van der Waals surface area contributed by atoms with E-state index in [0.717, 1.165) is 11.1 Å². The molecule has 0 aliphatic carbocycles. The van der Waals surface area contributed by atoms with Gasteiger partial charge in [0.05, 0.1) is 0 Å². The molecular weight excluding hydrogens is 256 g/mol. The summed E-state index contributed by atoms with van der Waals surface area (Å²) in [6.07, 6.45) is 3.71. The molecule has 0 radical (unpaired) electrons. The highest BCUT2D eigenvalue weighted by Gasteiger charge is 1.97. The number of rotatable bonds is 5. The van der Waals surface area contributed by atoms with Gasteiger partial charge in [-0.3, -0.25) is 0 Å². The van der Waals surface area contributed by atoms with Crippen molar-refractivity contribution < 1.29 is 0 Å². The Morgan fingerprint density at radius 3 is 1.22 bits per heavy atom. The number of hydrogen-bond acceptors (Lipinski definition) is 2. The fourth-order valence-electron chi connectivity index (χ4n) is 1.42. The Hall–Kier alpha value is -1.38. The van der Waals surface area contributed by atoms with Gasteiger partial charge in [0.25, 0.3) is 0 Å². The van der Waals surface area contributed by atoms with E-state index < -0.39 is 0 Å². The minimum Gasteiger partial charge on any atom is -0.0985 e. The lowest BCUT2D eigenvalue weighted by molar-refractivity contribution is 1.45. The minimum absolute atomic E-state index is 1.15. The van der Waals surface area contributed by atoms with Crippen LogP contribution in [-0.2, 0) is 0 Å². The summed E-state index contributed by atoms with van der Waals surface area (Å²) in [6.45, 7) is 7.50. The molecule has 0 bridgehead atoms. The van der Waals surface area contributed by atoms with Crippen LogP contribution in [0.5, 0.6) is 0 Å². The zero-order valence-electron chi connectivity index (χ0n) is 10.0. The molecule has 2 aromatic carbocycles. The molecule has 0 spiro atoms. The van der Waals surface area contributed by atoms with E-state index in [4.69, 9.17) is 0 Å². The zero-order chi connectivity index (χ0) is 12.8.